The van der Waals surface area contributed by atoms with Gasteiger partial charge in [0.1, 0.15) is 23.5 Å². The smallest absolute Gasteiger partial charge is 0.133 e. The van der Waals surface area contributed by atoms with Gasteiger partial charge in [-0.15, -0.1) is 11.3 Å². The van der Waals surface area contributed by atoms with Crippen LogP contribution in [0.5, 0.6) is 0 Å². The molecule has 0 bridgehead atoms. The van der Waals surface area contributed by atoms with Gasteiger partial charge in [-0.05, 0) is 28.4 Å². The second-order valence-corrected chi connectivity index (χ2v) is 6.23. The van der Waals surface area contributed by atoms with Crippen LogP contribution in [0.3, 0.4) is 0 Å². The van der Waals surface area contributed by atoms with Gasteiger partial charge >= 0.3 is 0 Å². The van der Waals surface area contributed by atoms with Crippen molar-refractivity contribution >= 4 is 50.5 Å². The lowest BCUT2D eigenvalue weighted by molar-refractivity contribution is 1.28. The molecule has 90 valence electrons. The molecule has 2 heterocycles. The molecular weight excluding hydrogens is 357 g/mol. The topological polar surface area (TPSA) is 63.4 Å². The van der Waals surface area contributed by atoms with Gasteiger partial charge in [0.15, 0.2) is 0 Å². The van der Waals surface area contributed by atoms with Gasteiger partial charge < -0.3 is 4.98 Å². The first-order valence-corrected chi connectivity index (χ1v) is 7.04. The largest absolute Gasteiger partial charge is 0.337 e. The molecule has 0 aliphatic rings. The van der Waals surface area contributed by atoms with E-state index in [1.807, 2.05) is 19.1 Å². The molecule has 0 atom stereocenters. The molecule has 0 aliphatic heterocycles. The number of rotatable bonds is 1. The minimum absolute atomic E-state index is 0.290. The Morgan fingerprint density at radius 2 is 1.83 bits per heavy atom. The lowest BCUT2D eigenvalue weighted by Crippen LogP contribution is -1.78. The Hall–Kier alpha value is -0.980. The van der Waals surface area contributed by atoms with Crippen LogP contribution in [0.15, 0.2) is 4.47 Å². The molecule has 0 saturated heterocycles. The average molecular weight is 361 g/mol. The molecule has 1 N–H and O–H groups in total. The van der Waals surface area contributed by atoms with Crippen LogP contribution in [0.2, 0.25) is 9.36 Å². The van der Waals surface area contributed by atoms with Gasteiger partial charge in [0.25, 0.3) is 0 Å². The van der Waals surface area contributed by atoms with Gasteiger partial charge in [-0.3, -0.25) is 0 Å². The third-order valence-electron chi connectivity index (χ3n) is 2.40. The van der Waals surface area contributed by atoms with Gasteiger partial charge in [-0.25, -0.2) is 0 Å². The van der Waals surface area contributed by atoms with Crippen molar-refractivity contribution in [2.24, 2.45) is 0 Å². The standard InChI is InChI=1S/C11H4BrCl2N3S/c1-4-9(13)10(18-11(4)14)7-5(2-15)17-6(3-16)8(7)12/h17H,1H3. The van der Waals surface area contributed by atoms with Crippen LogP contribution >= 0.6 is 50.5 Å². The minimum atomic E-state index is 0.290. The molecule has 3 nitrogen and oxygen atoms in total. The highest BCUT2D eigenvalue weighted by Crippen LogP contribution is 2.46. The summed E-state index contributed by atoms with van der Waals surface area (Å²) in [5.41, 5.74) is 1.94. The summed E-state index contributed by atoms with van der Waals surface area (Å²) < 4.78 is 1.10. The van der Waals surface area contributed by atoms with Crippen LogP contribution in [0, 0.1) is 29.6 Å². The molecular formula is C11H4BrCl2N3S. The zero-order valence-electron chi connectivity index (χ0n) is 8.94. The number of H-pyrrole nitrogens is 1. The highest BCUT2D eigenvalue weighted by molar-refractivity contribution is 9.10. The normalized spacial score (nSPS) is 10.1. The Morgan fingerprint density at radius 3 is 2.28 bits per heavy atom. The number of nitriles is 2. The van der Waals surface area contributed by atoms with Crippen LogP contribution in [0.1, 0.15) is 17.0 Å². The van der Waals surface area contributed by atoms with Crippen LogP contribution in [0.4, 0.5) is 0 Å². The summed E-state index contributed by atoms with van der Waals surface area (Å²) in [6.45, 7) is 1.81. The molecule has 18 heavy (non-hydrogen) atoms. The number of nitrogens with one attached hydrogen (secondary N) is 1. The molecule has 0 radical (unpaired) electrons. The lowest BCUT2D eigenvalue weighted by atomic mass is 10.2. The monoisotopic (exact) mass is 359 g/mol. The van der Waals surface area contributed by atoms with Gasteiger partial charge in [0.2, 0.25) is 0 Å². The fourth-order valence-corrected chi connectivity index (χ4v) is 3.91. The van der Waals surface area contributed by atoms with Crippen molar-refractivity contribution in [2.45, 2.75) is 6.92 Å². The summed E-state index contributed by atoms with van der Waals surface area (Å²) in [5, 5.41) is 18.6. The van der Waals surface area contributed by atoms with Crippen molar-refractivity contribution in [1.82, 2.24) is 4.98 Å². The first-order chi connectivity index (χ1) is 8.51. The summed E-state index contributed by atoms with van der Waals surface area (Å²) in [6.07, 6.45) is 0. The Balaban J connectivity index is 2.80. The molecule has 2 aromatic rings. The molecule has 7 heteroatoms. The van der Waals surface area contributed by atoms with E-state index in [0.717, 1.165) is 5.56 Å². The number of thiophene rings is 1. The van der Waals surface area contributed by atoms with Crippen molar-refractivity contribution in [3.63, 3.8) is 0 Å². The van der Waals surface area contributed by atoms with E-state index in [2.05, 4.69) is 20.9 Å². The summed E-state index contributed by atoms with van der Waals surface area (Å²) in [4.78, 5) is 3.42. The molecule has 0 unspecified atom stereocenters. The number of nitrogens with zero attached hydrogens (tertiary/aromatic N) is 2. The van der Waals surface area contributed by atoms with Gasteiger partial charge in [0.05, 0.1) is 18.7 Å². The zero-order chi connectivity index (χ0) is 13.4. The highest BCUT2D eigenvalue weighted by Gasteiger charge is 2.23. The summed E-state index contributed by atoms with van der Waals surface area (Å²) in [5.74, 6) is 0. The maximum atomic E-state index is 9.10. The Kier molecular flexibility index (Phi) is 3.70. The number of aromatic amines is 1. The van der Waals surface area contributed by atoms with Crippen molar-refractivity contribution in [3.8, 4) is 22.6 Å². The fraction of sp³-hybridized carbons (Fsp3) is 0.0909. The predicted molar refractivity (Wildman–Crippen MR) is 76.0 cm³/mol. The second-order valence-electron chi connectivity index (χ2n) is 3.43. The van der Waals surface area contributed by atoms with Crippen LogP contribution < -0.4 is 0 Å². The van der Waals surface area contributed by atoms with Crippen LogP contribution in [-0.4, -0.2) is 4.98 Å². The van der Waals surface area contributed by atoms with Crippen LogP contribution in [-0.2, 0) is 0 Å². The van der Waals surface area contributed by atoms with Crippen molar-refractivity contribution in [1.29, 1.82) is 10.5 Å². The third kappa shape index (κ3) is 1.94. The molecule has 2 rings (SSSR count). The number of halogens is 3. The molecule has 0 saturated carbocycles. The van der Waals surface area contributed by atoms with Gasteiger partial charge in [-0.1, -0.05) is 23.2 Å². The maximum Gasteiger partial charge on any atom is 0.133 e. The van der Waals surface area contributed by atoms with Crippen LogP contribution in [0.25, 0.3) is 10.4 Å². The highest BCUT2D eigenvalue weighted by atomic mass is 79.9. The molecule has 0 spiro atoms. The summed E-state index contributed by atoms with van der Waals surface area (Å²) in [6, 6.07) is 3.99. The van der Waals surface area contributed by atoms with E-state index in [1.54, 1.807) is 0 Å². The molecule has 0 aliphatic carbocycles. The quantitative estimate of drug-likeness (QED) is 0.788. The van der Waals surface area contributed by atoms with E-state index in [9.17, 15) is 0 Å². The Bertz CT molecular complexity index is 718. The Morgan fingerprint density at radius 1 is 1.22 bits per heavy atom. The molecule has 0 fully saturated rings. The number of hydrogen-bond donors (Lipinski definition) is 1. The Labute approximate surface area is 126 Å². The molecule has 0 aromatic carbocycles. The number of hydrogen-bond acceptors (Lipinski definition) is 3. The fourth-order valence-electron chi connectivity index (χ4n) is 1.48. The summed E-state index contributed by atoms with van der Waals surface area (Å²) in [7, 11) is 0. The predicted octanol–water partition coefficient (Wildman–Crippen LogP) is 4.86. The second kappa shape index (κ2) is 4.95. The third-order valence-corrected chi connectivity index (χ3v) is 5.39. The maximum absolute atomic E-state index is 9.10. The van der Waals surface area contributed by atoms with Gasteiger partial charge in [-0.2, -0.15) is 10.5 Å². The average Bonchev–Trinajstić information content (AvgIpc) is 2.81. The van der Waals surface area contributed by atoms with Crippen molar-refractivity contribution in [3.05, 3.63) is 30.8 Å². The SMILES string of the molecule is Cc1c(Cl)sc(-c2c(C#N)[nH]c(C#N)c2Br)c1Cl. The summed E-state index contributed by atoms with van der Waals surface area (Å²) >= 11 is 16.8. The van der Waals surface area contributed by atoms with E-state index in [0.29, 0.717) is 35.7 Å². The lowest BCUT2D eigenvalue weighted by Gasteiger charge is -1.97. The first-order valence-electron chi connectivity index (χ1n) is 4.67. The van der Waals surface area contributed by atoms with E-state index in [1.165, 1.54) is 11.3 Å². The van der Waals surface area contributed by atoms with Crippen molar-refractivity contribution in [2.75, 3.05) is 0 Å². The van der Waals surface area contributed by atoms with E-state index < -0.39 is 0 Å². The number of aromatic nitrogens is 1. The van der Waals surface area contributed by atoms with Crippen molar-refractivity contribution < 1.29 is 0 Å². The minimum Gasteiger partial charge on any atom is -0.337 e. The van der Waals surface area contributed by atoms with E-state index in [-0.39, 0.29) is 0 Å². The zero-order valence-corrected chi connectivity index (χ0v) is 12.9. The molecule has 2 aromatic heterocycles. The first kappa shape index (κ1) is 13.5. The van der Waals surface area contributed by atoms with Gasteiger partial charge in [0, 0.05) is 5.56 Å². The van der Waals surface area contributed by atoms with E-state index in [4.69, 9.17) is 33.7 Å². The molecule has 0 amide bonds. The van der Waals surface area contributed by atoms with E-state index >= 15 is 0 Å².